The van der Waals surface area contributed by atoms with Gasteiger partial charge in [0.1, 0.15) is 11.2 Å². The van der Waals surface area contributed by atoms with Gasteiger partial charge in [-0.15, -0.1) is 0 Å². The fourth-order valence-corrected chi connectivity index (χ4v) is 2.24. The zero-order chi connectivity index (χ0) is 13.2. The molecule has 0 bridgehead atoms. The minimum Gasteiger partial charge on any atom is -0.456 e. The third-order valence-electron chi connectivity index (χ3n) is 3.33. The molecular formula is C17H15NO. The van der Waals surface area contributed by atoms with Crippen LogP contribution < -0.4 is 0 Å². The maximum Gasteiger partial charge on any atom is 0.135 e. The summed E-state index contributed by atoms with van der Waals surface area (Å²) in [5.41, 5.74) is 4.08. The highest BCUT2D eigenvalue weighted by Gasteiger charge is 2.06. The van der Waals surface area contributed by atoms with Gasteiger partial charge in [0.15, 0.2) is 0 Å². The molecule has 0 atom stereocenters. The van der Waals surface area contributed by atoms with Crippen molar-refractivity contribution in [3.8, 4) is 0 Å². The molecule has 0 saturated carbocycles. The van der Waals surface area contributed by atoms with Crippen LogP contribution in [0.25, 0.3) is 21.9 Å². The largest absolute Gasteiger partial charge is 0.456 e. The van der Waals surface area contributed by atoms with Gasteiger partial charge in [-0.25, -0.2) is 0 Å². The summed E-state index contributed by atoms with van der Waals surface area (Å²) in [7, 11) is 0. The van der Waals surface area contributed by atoms with E-state index in [9.17, 15) is 0 Å². The smallest absolute Gasteiger partial charge is 0.135 e. The SMILES string of the molecule is C/C(C=N)=C/Cc1ccc2oc3ccccc3c2c1. The molecule has 19 heavy (non-hydrogen) atoms. The van der Waals surface area contributed by atoms with Gasteiger partial charge < -0.3 is 9.83 Å². The number of benzene rings is 2. The Bertz CT molecular complexity index is 780. The van der Waals surface area contributed by atoms with E-state index in [2.05, 4.69) is 24.3 Å². The maximum absolute atomic E-state index is 7.18. The lowest BCUT2D eigenvalue weighted by atomic mass is 10.1. The number of nitrogens with one attached hydrogen (secondary N) is 1. The molecule has 0 aliphatic rings. The molecule has 0 saturated heterocycles. The molecule has 2 nitrogen and oxygen atoms in total. The number of fused-ring (bicyclic) bond motifs is 3. The topological polar surface area (TPSA) is 37.0 Å². The summed E-state index contributed by atoms with van der Waals surface area (Å²) in [4.78, 5) is 0. The molecule has 1 aromatic heterocycles. The molecule has 2 heteroatoms. The number of furan rings is 1. The quantitative estimate of drug-likeness (QED) is 0.670. The van der Waals surface area contributed by atoms with E-state index in [0.29, 0.717) is 0 Å². The molecule has 0 aliphatic carbocycles. The van der Waals surface area contributed by atoms with Crippen LogP contribution in [0, 0.1) is 5.41 Å². The second kappa shape index (κ2) is 4.73. The van der Waals surface area contributed by atoms with Crippen LogP contribution in [-0.4, -0.2) is 6.21 Å². The summed E-state index contributed by atoms with van der Waals surface area (Å²) >= 11 is 0. The molecule has 0 aliphatic heterocycles. The maximum atomic E-state index is 7.18. The lowest BCUT2D eigenvalue weighted by Gasteiger charge is -1.97. The Balaban J connectivity index is 2.09. The van der Waals surface area contributed by atoms with Gasteiger partial charge in [0, 0.05) is 17.0 Å². The first-order valence-corrected chi connectivity index (χ1v) is 6.35. The molecule has 0 unspecified atom stereocenters. The molecule has 3 rings (SSSR count). The molecule has 0 fully saturated rings. The summed E-state index contributed by atoms with van der Waals surface area (Å²) in [6.45, 7) is 1.94. The van der Waals surface area contributed by atoms with Crippen molar-refractivity contribution in [2.75, 3.05) is 0 Å². The third kappa shape index (κ3) is 2.17. The minimum absolute atomic E-state index is 0.844. The summed E-state index contributed by atoms with van der Waals surface area (Å²) in [6.07, 6.45) is 4.29. The van der Waals surface area contributed by atoms with Gasteiger partial charge in [0.2, 0.25) is 0 Å². The zero-order valence-electron chi connectivity index (χ0n) is 10.8. The van der Waals surface area contributed by atoms with E-state index < -0.39 is 0 Å². The fraction of sp³-hybridized carbons (Fsp3) is 0.118. The van der Waals surface area contributed by atoms with Crippen molar-refractivity contribution in [3.63, 3.8) is 0 Å². The average molecular weight is 249 g/mol. The molecule has 1 N–H and O–H groups in total. The summed E-state index contributed by atoms with van der Waals surface area (Å²) < 4.78 is 5.80. The van der Waals surface area contributed by atoms with Crippen molar-refractivity contribution in [1.29, 1.82) is 5.41 Å². The molecule has 3 aromatic rings. The van der Waals surface area contributed by atoms with Crippen LogP contribution in [0.15, 0.2) is 58.5 Å². The van der Waals surface area contributed by atoms with Gasteiger partial charge in [0.05, 0.1) is 0 Å². The molecular weight excluding hydrogens is 234 g/mol. The Morgan fingerprint density at radius 1 is 1.11 bits per heavy atom. The van der Waals surface area contributed by atoms with Crippen LogP contribution in [0.4, 0.5) is 0 Å². The molecule has 1 heterocycles. The van der Waals surface area contributed by atoms with Crippen LogP contribution in [-0.2, 0) is 6.42 Å². The van der Waals surface area contributed by atoms with Gasteiger partial charge in [0.25, 0.3) is 0 Å². The number of hydrogen-bond acceptors (Lipinski definition) is 2. The Morgan fingerprint density at radius 3 is 2.74 bits per heavy atom. The molecule has 0 radical (unpaired) electrons. The molecule has 2 aromatic carbocycles. The second-order valence-electron chi connectivity index (χ2n) is 4.73. The van der Waals surface area contributed by atoms with Crippen molar-refractivity contribution in [3.05, 3.63) is 59.7 Å². The van der Waals surface area contributed by atoms with Gasteiger partial charge in [-0.2, -0.15) is 0 Å². The predicted molar refractivity (Wildman–Crippen MR) is 80.0 cm³/mol. The van der Waals surface area contributed by atoms with Crippen molar-refractivity contribution in [2.45, 2.75) is 13.3 Å². The normalized spacial score (nSPS) is 12.2. The van der Waals surface area contributed by atoms with Crippen LogP contribution >= 0.6 is 0 Å². The number of para-hydroxylation sites is 1. The number of rotatable bonds is 3. The van der Waals surface area contributed by atoms with Crippen LogP contribution in [0.3, 0.4) is 0 Å². The van der Waals surface area contributed by atoms with E-state index >= 15 is 0 Å². The van der Waals surface area contributed by atoms with E-state index in [1.165, 1.54) is 11.8 Å². The predicted octanol–water partition coefficient (Wildman–Crippen LogP) is 4.72. The summed E-state index contributed by atoms with van der Waals surface area (Å²) in [6, 6.07) is 14.4. The molecule has 94 valence electrons. The van der Waals surface area contributed by atoms with E-state index in [0.717, 1.165) is 33.9 Å². The fourth-order valence-electron chi connectivity index (χ4n) is 2.24. The number of allylic oxidation sites excluding steroid dienone is 2. The minimum atomic E-state index is 0.844. The lowest BCUT2D eigenvalue weighted by molar-refractivity contribution is 0.669. The molecule has 0 spiro atoms. The van der Waals surface area contributed by atoms with Crippen LogP contribution in [0.5, 0.6) is 0 Å². The Hall–Kier alpha value is -2.35. The van der Waals surface area contributed by atoms with Gasteiger partial charge >= 0.3 is 0 Å². The van der Waals surface area contributed by atoms with Crippen LogP contribution in [0.2, 0.25) is 0 Å². The first kappa shape index (κ1) is 11.7. The highest BCUT2D eigenvalue weighted by molar-refractivity contribution is 6.04. The Kier molecular flexibility index (Phi) is 2.92. The summed E-state index contributed by atoms with van der Waals surface area (Å²) in [5, 5.41) is 9.50. The highest BCUT2D eigenvalue weighted by atomic mass is 16.3. The van der Waals surface area contributed by atoms with Crippen LogP contribution in [0.1, 0.15) is 12.5 Å². The third-order valence-corrected chi connectivity index (χ3v) is 3.33. The number of hydrogen-bond donors (Lipinski definition) is 1. The van der Waals surface area contributed by atoms with Crippen molar-refractivity contribution >= 4 is 28.2 Å². The van der Waals surface area contributed by atoms with Crippen molar-refractivity contribution in [2.24, 2.45) is 0 Å². The van der Waals surface area contributed by atoms with E-state index in [-0.39, 0.29) is 0 Å². The average Bonchev–Trinajstić information content (AvgIpc) is 2.82. The summed E-state index contributed by atoms with van der Waals surface area (Å²) in [5.74, 6) is 0. The monoisotopic (exact) mass is 249 g/mol. The van der Waals surface area contributed by atoms with Crippen molar-refractivity contribution < 1.29 is 4.42 Å². The zero-order valence-corrected chi connectivity index (χ0v) is 10.8. The van der Waals surface area contributed by atoms with E-state index in [4.69, 9.17) is 9.83 Å². The van der Waals surface area contributed by atoms with Crippen molar-refractivity contribution in [1.82, 2.24) is 0 Å². The van der Waals surface area contributed by atoms with Gasteiger partial charge in [-0.05, 0) is 42.7 Å². The molecule has 0 amide bonds. The highest BCUT2D eigenvalue weighted by Crippen LogP contribution is 2.29. The van der Waals surface area contributed by atoms with Gasteiger partial charge in [-0.3, -0.25) is 0 Å². The Morgan fingerprint density at radius 2 is 1.89 bits per heavy atom. The van der Waals surface area contributed by atoms with E-state index in [1.807, 2.05) is 31.2 Å². The Labute approximate surface area is 111 Å². The second-order valence-corrected chi connectivity index (χ2v) is 4.73. The standard InChI is InChI=1S/C17H15NO/c1-12(11-18)6-7-13-8-9-17-15(10-13)14-4-2-3-5-16(14)19-17/h2-6,8-11,18H,7H2,1H3/b12-6-,18-11?. The van der Waals surface area contributed by atoms with Gasteiger partial charge in [-0.1, -0.05) is 30.3 Å². The van der Waals surface area contributed by atoms with E-state index in [1.54, 1.807) is 0 Å². The lowest BCUT2D eigenvalue weighted by Crippen LogP contribution is -1.83. The first-order chi connectivity index (χ1) is 9.28. The first-order valence-electron chi connectivity index (χ1n) is 6.35.